The summed E-state index contributed by atoms with van der Waals surface area (Å²) in [5, 5.41) is 14.6. The standard InChI is InChI=1S/C19H22N4O5/c1-2-27-19(24)14-10-6-7-11-15(14)22-17-16(23(25)26)18(21-12-20-17)28-13-8-4-3-5-9-13/h6-7,10-13H,2-5,8-9H2,1H3,(H,20,21,22). The Kier molecular flexibility index (Phi) is 6.36. The molecular formula is C19H22N4O5. The molecule has 1 fully saturated rings. The van der Waals surface area contributed by atoms with Gasteiger partial charge in [-0.05, 0) is 44.7 Å². The van der Waals surface area contributed by atoms with Gasteiger partial charge in [-0.3, -0.25) is 10.1 Å². The van der Waals surface area contributed by atoms with E-state index in [2.05, 4.69) is 15.3 Å². The maximum atomic E-state index is 12.2. The summed E-state index contributed by atoms with van der Waals surface area (Å²) in [6.07, 6.45) is 6.00. The van der Waals surface area contributed by atoms with E-state index >= 15 is 0 Å². The van der Waals surface area contributed by atoms with E-state index in [1.807, 2.05) is 0 Å². The Morgan fingerprint density at radius 3 is 2.71 bits per heavy atom. The molecule has 0 unspecified atom stereocenters. The first-order valence-corrected chi connectivity index (χ1v) is 9.29. The summed E-state index contributed by atoms with van der Waals surface area (Å²) in [4.78, 5) is 31.3. The predicted octanol–water partition coefficient (Wildman–Crippen LogP) is 4.02. The van der Waals surface area contributed by atoms with E-state index in [0.717, 1.165) is 32.1 Å². The van der Waals surface area contributed by atoms with Crippen LogP contribution in [0.25, 0.3) is 0 Å². The summed E-state index contributed by atoms with van der Waals surface area (Å²) in [5.74, 6) is -0.633. The fourth-order valence-corrected chi connectivity index (χ4v) is 3.15. The molecule has 1 aromatic heterocycles. The number of para-hydroxylation sites is 1. The number of aromatic nitrogens is 2. The maximum absolute atomic E-state index is 12.2. The lowest BCUT2D eigenvalue weighted by atomic mass is 9.98. The third-order valence-corrected chi connectivity index (χ3v) is 4.48. The quantitative estimate of drug-likeness (QED) is 0.431. The van der Waals surface area contributed by atoms with E-state index in [9.17, 15) is 14.9 Å². The lowest BCUT2D eigenvalue weighted by molar-refractivity contribution is -0.385. The van der Waals surface area contributed by atoms with Crippen LogP contribution in [0.2, 0.25) is 0 Å². The van der Waals surface area contributed by atoms with Gasteiger partial charge in [-0.2, -0.15) is 4.98 Å². The maximum Gasteiger partial charge on any atom is 0.373 e. The molecule has 1 N–H and O–H groups in total. The molecule has 1 aliphatic rings. The fourth-order valence-electron chi connectivity index (χ4n) is 3.15. The molecule has 1 aromatic carbocycles. The molecule has 9 heteroatoms. The van der Waals surface area contributed by atoms with Gasteiger partial charge in [0.2, 0.25) is 5.82 Å². The van der Waals surface area contributed by atoms with E-state index in [-0.39, 0.29) is 35.7 Å². The lowest BCUT2D eigenvalue weighted by Crippen LogP contribution is -2.21. The molecule has 0 amide bonds. The van der Waals surface area contributed by atoms with Crippen LogP contribution < -0.4 is 10.1 Å². The number of hydrogen-bond acceptors (Lipinski definition) is 8. The minimum absolute atomic E-state index is 0.0393. The van der Waals surface area contributed by atoms with Crippen LogP contribution in [0.15, 0.2) is 30.6 Å². The minimum Gasteiger partial charge on any atom is -0.469 e. The number of benzene rings is 1. The second kappa shape index (κ2) is 9.12. The lowest BCUT2D eigenvalue weighted by Gasteiger charge is -2.22. The van der Waals surface area contributed by atoms with Gasteiger partial charge in [-0.15, -0.1) is 0 Å². The number of ether oxygens (including phenoxy) is 2. The van der Waals surface area contributed by atoms with Crippen molar-refractivity contribution in [2.45, 2.75) is 45.1 Å². The van der Waals surface area contributed by atoms with Crippen LogP contribution in [0.3, 0.4) is 0 Å². The number of hydrogen-bond donors (Lipinski definition) is 1. The largest absolute Gasteiger partial charge is 0.469 e. The Balaban J connectivity index is 1.91. The van der Waals surface area contributed by atoms with Crippen molar-refractivity contribution in [1.29, 1.82) is 0 Å². The van der Waals surface area contributed by atoms with Crippen molar-refractivity contribution in [3.8, 4) is 5.88 Å². The minimum atomic E-state index is -0.576. The summed E-state index contributed by atoms with van der Waals surface area (Å²) < 4.78 is 10.9. The van der Waals surface area contributed by atoms with Crippen LogP contribution in [0.5, 0.6) is 5.88 Å². The number of rotatable bonds is 7. The Bertz CT molecular complexity index is 852. The molecule has 0 aliphatic heterocycles. The molecule has 0 spiro atoms. The molecule has 0 radical (unpaired) electrons. The molecule has 0 atom stereocenters. The zero-order chi connectivity index (χ0) is 19.9. The van der Waals surface area contributed by atoms with Crippen molar-refractivity contribution < 1.29 is 19.2 Å². The molecule has 1 aliphatic carbocycles. The van der Waals surface area contributed by atoms with Crippen molar-refractivity contribution in [2.75, 3.05) is 11.9 Å². The summed E-state index contributed by atoms with van der Waals surface area (Å²) in [6, 6.07) is 6.59. The zero-order valence-electron chi connectivity index (χ0n) is 15.6. The summed E-state index contributed by atoms with van der Waals surface area (Å²) in [7, 11) is 0. The van der Waals surface area contributed by atoms with Crippen LogP contribution in [0.4, 0.5) is 17.2 Å². The molecule has 3 rings (SSSR count). The van der Waals surface area contributed by atoms with Crippen LogP contribution in [0, 0.1) is 10.1 Å². The first-order valence-electron chi connectivity index (χ1n) is 9.29. The molecule has 1 saturated carbocycles. The number of esters is 1. The number of carbonyl (C=O) groups excluding carboxylic acids is 1. The van der Waals surface area contributed by atoms with Gasteiger partial charge < -0.3 is 14.8 Å². The van der Waals surface area contributed by atoms with Gasteiger partial charge in [0, 0.05) is 0 Å². The van der Waals surface area contributed by atoms with Gasteiger partial charge in [0.25, 0.3) is 5.88 Å². The zero-order valence-corrected chi connectivity index (χ0v) is 15.6. The van der Waals surface area contributed by atoms with E-state index in [4.69, 9.17) is 9.47 Å². The number of nitro groups is 1. The number of nitrogens with one attached hydrogen (secondary N) is 1. The number of nitrogens with zero attached hydrogens (tertiary/aromatic N) is 3. The van der Waals surface area contributed by atoms with Gasteiger partial charge in [-0.1, -0.05) is 18.6 Å². The molecule has 9 nitrogen and oxygen atoms in total. The summed E-state index contributed by atoms with van der Waals surface area (Å²) in [6.45, 7) is 1.93. The Hall–Kier alpha value is -3.23. The van der Waals surface area contributed by atoms with Crippen LogP contribution in [-0.2, 0) is 4.74 Å². The normalized spacial score (nSPS) is 14.3. The van der Waals surface area contributed by atoms with Crippen LogP contribution >= 0.6 is 0 Å². The van der Waals surface area contributed by atoms with Gasteiger partial charge in [0.15, 0.2) is 0 Å². The highest BCUT2D eigenvalue weighted by molar-refractivity contribution is 5.96. The first kappa shape index (κ1) is 19.5. The summed E-state index contributed by atoms with van der Waals surface area (Å²) >= 11 is 0. The van der Waals surface area contributed by atoms with Crippen LogP contribution in [-0.4, -0.2) is 33.6 Å². The molecule has 0 bridgehead atoms. The number of anilines is 2. The highest BCUT2D eigenvalue weighted by Gasteiger charge is 2.28. The average Bonchev–Trinajstić information content (AvgIpc) is 2.69. The van der Waals surface area contributed by atoms with Gasteiger partial charge in [0.05, 0.1) is 22.8 Å². The van der Waals surface area contributed by atoms with Crippen molar-refractivity contribution in [1.82, 2.24) is 9.97 Å². The van der Waals surface area contributed by atoms with E-state index < -0.39 is 10.9 Å². The number of carbonyl (C=O) groups is 1. The van der Waals surface area contributed by atoms with Crippen molar-refractivity contribution in [3.63, 3.8) is 0 Å². The molecule has 148 valence electrons. The molecule has 28 heavy (non-hydrogen) atoms. The van der Waals surface area contributed by atoms with Crippen molar-refractivity contribution in [3.05, 3.63) is 46.3 Å². The first-order chi connectivity index (χ1) is 13.6. The van der Waals surface area contributed by atoms with Gasteiger partial charge in [0.1, 0.15) is 12.4 Å². The third kappa shape index (κ3) is 4.54. The van der Waals surface area contributed by atoms with Gasteiger partial charge >= 0.3 is 11.7 Å². The van der Waals surface area contributed by atoms with Gasteiger partial charge in [-0.25, -0.2) is 9.78 Å². The average molecular weight is 386 g/mol. The monoisotopic (exact) mass is 386 g/mol. The van der Waals surface area contributed by atoms with E-state index in [1.54, 1.807) is 31.2 Å². The highest BCUT2D eigenvalue weighted by Crippen LogP contribution is 2.35. The van der Waals surface area contributed by atoms with E-state index in [0.29, 0.717) is 5.69 Å². The predicted molar refractivity (Wildman–Crippen MR) is 102 cm³/mol. The Labute approximate surface area is 162 Å². The molecule has 0 saturated heterocycles. The SMILES string of the molecule is CCOC(=O)c1ccccc1Nc1ncnc(OC2CCCCC2)c1[N+](=O)[O-]. The molecular weight excluding hydrogens is 364 g/mol. The third-order valence-electron chi connectivity index (χ3n) is 4.48. The van der Waals surface area contributed by atoms with Crippen molar-refractivity contribution >= 4 is 23.2 Å². The highest BCUT2D eigenvalue weighted by atomic mass is 16.6. The molecule has 1 heterocycles. The topological polar surface area (TPSA) is 116 Å². The smallest absolute Gasteiger partial charge is 0.373 e. The second-order valence-corrected chi connectivity index (χ2v) is 6.40. The Morgan fingerprint density at radius 1 is 1.25 bits per heavy atom. The second-order valence-electron chi connectivity index (χ2n) is 6.40. The van der Waals surface area contributed by atoms with Crippen molar-refractivity contribution in [2.24, 2.45) is 0 Å². The van der Waals surface area contributed by atoms with E-state index in [1.165, 1.54) is 6.33 Å². The Morgan fingerprint density at radius 2 is 2.00 bits per heavy atom. The summed E-state index contributed by atoms with van der Waals surface area (Å²) in [5.41, 5.74) is 0.255. The fraction of sp³-hybridized carbons (Fsp3) is 0.421. The molecule has 2 aromatic rings. The van der Waals surface area contributed by atoms with Crippen LogP contribution in [0.1, 0.15) is 49.4 Å².